The van der Waals surface area contributed by atoms with Gasteiger partial charge in [-0.05, 0) is 12.1 Å². The van der Waals surface area contributed by atoms with E-state index < -0.39 is 0 Å². The molecule has 0 aliphatic carbocycles. The van der Waals surface area contributed by atoms with Gasteiger partial charge in [0.2, 0.25) is 5.91 Å². The Labute approximate surface area is 105 Å². The van der Waals surface area contributed by atoms with E-state index in [1.54, 1.807) is 18.2 Å². The Kier molecular flexibility index (Phi) is 4.92. The zero-order valence-electron chi connectivity index (χ0n) is 10.3. The second kappa shape index (κ2) is 6.44. The molecule has 96 valence electrons. The second-order valence-electron chi connectivity index (χ2n) is 3.58. The highest BCUT2D eigenvalue weighted by atomic mass is 16.5. The van der Waals surface area contributed by atoms with Gasteiger partial charge < -0.3 is 15.2 Å². The zero-order valence-corrected chi connectivity index (χ0v) is 10.3. The summed E-state index contributed by atoms with van der Waals surface area (Å²) in [6, 6.07) is 3.08. The summed E-state index contributed by atoms with van der Waals surface area (Å²) in [5, 5.41) is 12.5. The first-order chi connectivity index (χ1) is 8.60. The lowest BCUT2D eigenvalue weighted by atomic mass is 10.1. The molecule has 0 bridgehead atoms. The van der Waals surface area contributed by atoms with E-state index in [0.717, 1.165) is 0 Å². The minimum absolute atomic E-state index is 0.0961. The van der Waals surface area contributed by atoms with Gasteiger partial charge in [0.25, 0.3) is 0 Å². The van der Waals surface area contributed by atoms with Gasteiger partial charge in [0, 0.05) is 24.6 Å². The van der Waals surface area contributed by atoms with Gasteiger partial charge in [0.05, 0.1) is 7.11 Å². The van der Waals surface area contributed by atoms with Crippen LogP contribution in [-0.4, -0.2) is 31.0 Å². The summed E-state index contributed by atoms with van der Waals surface area (Å²) in [4.78, 5) is 21.5. The van der Waals surface area contributed by atoms with Crippen molar-refractivity contribution in [3.05, 3.63) is 29.3 Å². The van der Waals surface area contributed by atoms with Crippen LogP contribution >= 0.6 is 0 Å². The van der Waals surface area contributed by atoms with Crippen LogP contribution in [0.2, 0.25) is 0 Å². The minimum Gasteiger partial charge on any atom is -0.504 e. The number of amides is 1. The van der Waals surface area contributed by atoms with Crippen molar-refractivity contribution in [2.24, 2.45) is 0 Å². The number of phenolic OH excluding ortho intramolecular Hbond substituents is 1. The molecule has 0 spiro atoms. The summed E-state index contributed by atoms with van der Waals surface area (Å²) in [6.45, 7) is 1.73. The summed E-state index contributed by atoms with van der Waals surface area (Å²) < 4.78 is 4.96. The Hall–Kier alpha value is -2.30. The van der Waals surface area contributed by atoms with Gasteiger partial charge in [-0.25, -0.2) is 0 Å². The smallest absolute Gasteiger partial charge is 0.217 e. The highest BCUT2D eigenvalue weighted by Gasteiger charge is 2.10. The first kappa shape index (κ1) is 13.8. The van der Waals surface area contributed by atoms with E-state index in [-0.39, 0.29) is 11.7 Å². The lowest BCUT2D eigenvalue weighted by Gasteiger charge is -2.08. The fourth-order valence-electron chi connectivity index (χ4n) is 1.43. The number of ether oxygens (including phenoxy) is 1. The van der Waals surface area contributed by atoms with Gasteiger partial charge in [-0.15, -0.1) is 0 Å². The third kappa shape index (κ3) is 3.35. The zero-order chi connectivity index (χ0) is 13.5. The minimum atomic E-state index is -0.148. The number of carbonyl (C=O) groups is 2. The summed E-state index contributed by atoms with van der Waals surface area (Å²) in [5.41, 5.74) is 0.724. The van der Waals surface area contributed by atoms with Crippen molar-refractivity contribution in [1.29, 1.82) is 0 Å². The predicted molar refractivity (Wildman–Crippen MR) is 67.8 cm³/mol. The maximum absolute atomic E-state index is 10.9. The number of nitrogens with one attached hydrogen (secondary N) is 1. The second-order valence-corrected chi connectivity index (χ2v) is 3.58. The van der Waals surface area contributed by atoms with Crippen molar-refractivity contribution in [2.45, 2.75) is 6.92 Å². The number of aldehydes is 1. The number of phenols is 1. The van der Waals surface area contributed by atoms with Gasteiger partial charge in [-0.2, -0.15) is 0 Å². The van der Waals surface area contributed by atoms with Crippen LogP contribution in [0.25, 0.3) is 6.08 Å². The lowest BCUT2D eigenvalue weighted by Crippen LogP contribution is -2.19. The third-order valence-corrected chi connectivity index (χ3v) is 2.31. The Morgan fingerprint density at radius 1 is 1.50 bits per heavy atom. The van der Waals surface area contributed by atoms with Crippen LogP contribution in [0.1, 0.15) is 22.8 Å². The number of rotatable bonds is 5. The van der Waals surface area contributed by atoms with E-state index in [4.69, 9.17) is 4.74 Å². The average Bonchev–Trinajstić information content (AvgIpc) is 2.35. The molecule has 5 heteroatoms. The van der Waals surface area contributed by atoms with Crippen molar-refractivity contribution in [1.82, 2.24) is 5.32 Å². The van der Waals surface area contributed by atoms with Gasteiger partial charge in [-0.3, -0.25) is 9.59 Å². The van der Waals surface area contributed by atoms with E-state index in [0.29, 0.717) is 29.7 Å². The maximum Gasteiger partial charge on any atom is 0.217 e. The normalized spacial score (nSPS) is 10.3. The molecule has 0 atom stereocenters. The molecule has 5 nitrogen and oxygen atoms in total. The maximum atomic E-state index is 10.9. The van der Waals surface area contributed by atoms with Gasteiger partial charge in [0.15, 0.2) is 17.8 Å². The Bertz CT molecular complexity index is 480. The molecular formula is C13H15NO4. The fraction of sp³-hybridized carbons (Fsp3) is 0.231. The van der Waals surface area contributed by atoms with E-state index in [2.05, 4.69) is 5.32 Å². The molecule has 1 rings (SSSR count). The first-order valence-corrected chi connectivity index (χ1v) is 5.36. The molecule has 0 saturated heterocycles. The molecule has 0 unspecified atom stereocenters. The molecule has 1 aromatic carbocycles. The molecule has 0 aromatic heterocycles. The Balaban J connectivity index is 2.98. The van der Waals surface area contributed by atoms with Gasteiger partial charge in [-0.1, -0.05) is 12.2 Å². The van der Waals surface area contributed by atoms with Crippen LogP contribution < -0.4 is 10.1 Å². The van der Waals surface area contributed by atoms with Crippen LogP contribution in [0.15, 0.2) is 18.2 Å². The Morgan fingerprint density at radius 2 is 2.22 bits per heavy atom. The molecule has 1 amide bonds. The summed E-state index contributed by atoms with van der Waals surface area (Å²) in [6.07, 6.45) is 3.86. The molecule has 0 radical (unpaired) electrons. The SMILES string of the molecule is COc1ccc(C=O)c(C=CCNC(C)=O)c1O. The van der Waals surface area contributed by atoms with Crippen molar-refractivity contribution in [3.63, 3.8) is 0 Å². The number of methoxy groups -OCH3 is 1. The number of benzene rings is 1. The van der Waals surface area contributed by atoms with E-state index in [1.807, 2.05) is 0 Å². The van der Waals surface area contributed by atoms with Crippen LogP contribution in [0.5, 0.6) is 11.5 Å². The standard InChI is InChI=1S/C13H15NO4/c1-9(16)14-7-3-4-11-10(8-15)5-6-12(18-2)13(11)17/h3-6,8,17H,7H2,1-2H3,(H,14,16). The van der Waals surface area contributed by atoms with Crippen molar-refractivity contribution < 1.29 is 19.4 Å². The molecule has 2 N–H and O–H groups in total. The van der Waals surface area contributed by atoms with Crippen molar-refractivity contribution >= 4 is 18.3 Å². The van der Waals surface area contributed by atoms with Crippen molar-refractivity contribution in [3.8, 4) is 11.5 Å². The van der Waals surface area contributed by atoms with Gasteiger partial charge >= 0.3 is 0 Å². The predicted octanol–water partition coefficient (Wildman–Crippen LogP) is 1.36. The van der Waals surface area contributed by atoms with Crippen molar-refractivity contribution in [2.75, 3.05) is 13.7 Å². The average molecular weight is 249 g/mol. The largest absolute Gasteiger partial charge is 0.504 e. The Morgan fingerprint density at radius 3 is 2.78 bits per heavy atom. The fourth-order valence-corrected chi connectivity index (χ4v) is 1.43. The third-order valence-electron chi connectivity index (χ3n) is 2.31. The topological polar surface area (TPSA) is 75.6 Å². The molecule has 18 heavy (non-hydrogen) atoms. The molecular weight excluding hydrogens is 234 g/mol. The quantitative estimate of drug-likeness (QED) is 0.773. The molecule has 0 fully saturated rings. The number of hydrogen-bond acceptors (Lipinski definition) is 4. The van der Waals surface area contributed by atoms with E-state index in [9.17, 15) is 14.7 Å². The molecule has 0 saturated carbocycles. The lowest BCUT2D eigenvalue weighted by molar-refractivity contribution is -0.118. The number of aromatic hydroxyl groups is 1. The van der Waals surface area contributed by atoms with Gasteiger partial charge in [0.1, 0.15) is 0 Å². The summed E-state index contributed by atoms with van der Waals surface area (Å²) >= 11 is 0. The molecule has 0 aliphatic rings. The molecule has 0 heterocycles. The number of carbonyl (C=O) groups excluding carboxylic acids is 2. The monoisotopic (exact) mass is 249 g/mol. The van der Waals surface area contributed by atoms with Crippen LogP contribution in [0.3, 0.4) is 0 Å². The van der Waals surface area contributed by atoms with E-state index in [1.165, 1.54) is 20.1 Å². The summed E-state index contributed by atoms with van der Waals surface area (Å²) in [5.74, 6) is 0.0473. The highest BCUT2D eigenvalue weighted by molar-refractivity contribution is 5.85. The van der Waals surface area contributed by atoms with Crippen LogP contribution in [0, 0.1) is 0 Å². The summed E-state index contributed by atoms with van der Waals surface area (Å²) in [7, 11) is 1.43. The highest BCUT2D eigenvalue weighted by Crippen LogP contribution is 2.32. The van der Waals surface area contributed by atoms with E-state index >= 15 is 0 Å². The van der Waals surface area contributed by atoms with Crippen LogP contribution in [0.4, 0.5) is 0 Å². The first-order valence-electron chi connectivity index (χ1n) is 5.36. The molecule has 1 aromatic rings. The number of hydrogen-bond donors (Lipinski definition) is 2. The van der Waals surface area contributed by atoms with Crippen LogP contribution in [-0.2, 0) is 4.79 Å². The molecule has 0 aliphatic heterocycles.